The lowest BCUT2D eigenvalue weighted by atomic mass is 9.66. The van der Waals surface area contributed by atoms with E-state index in [0.29, 0.717) is 36.4 Å². The van der Waals surface area contributed by atoms with Crippen molar-refractivity contribution in [2.24, 2.45) is 17.8 Å². The standard InChI is InChI=1S/C31H41ClN2O5S/c1-7-9-16-39-29(38)24-23-27(36)34(21(18-35)17-19(3)4)26(31(23)14-13-30(24,6)40-31)28(37)33(15-8-2)25-20(5)11-10-12-22(25)32/h7-8,10-12,19,21,23-24,26,35H,1-2,9,13-18H2,3-6H3/t21-,23+,24-,26?,30+,31?/m1/s1. The molecule has 40 heavy (non-hydrogen) atoms. The maximum atomic E-state index is 14.8. The molecule has 3 heterocycles. The van der Waals surface area contributed by atoms with Crippen LogP contribution in [0.1, 0.15) is 52.0 Å². The van der Waals surface area contributed by atoms with Crippen LogP contribution < -0.4 is 4.90 Å². The molecule has 3 fully saturated rings. The molecule has 3 aliphatic rings. The van der Waals surface area contributed by atoms with Crippen LogP contribution in [0.25, 0.3) is 0 Å². The van der Waals surface area contributed by atoms with Crippen LogP contribution in [-0.2, 0) is 19.1 Å². The number of ether oxygens (including phenoxy) is 1. The number of aliphatic hydroxyl groups is 1. The number of rotatable bonds is 12. The molecule has 1 aromatic carbocycles. The molecule has 7 nitrogen and oxygen atoms in total. The number of benzene rings is 1. The summed E-state index contributed by atoms with van der Waals surface area (Å²) in [6.07, 6.45) is 5.67. The minimum absolute atomic E-state index is 0.176. The number of aliphatic hydroxyl groups excluding tert-OH is 1. The Morgan fingerprint density at radius 2 is 2.02 bits per heavy atom. The number of aryl methyl sites for hydroxylation is 1. The highest BCUT2D eigenvalue weighted by Crippen LogP contribution is 2.72. The van der Waals surface area contributed by atoms with Crippen molar-refractivity contribution < 1.29 is 24.2 Å². The van der Waals surface area contributed by atoms with Crippen LogP contribution in [0.5, 0.6) is 0 Å². The van der Waals surface area contributed by atoms with E-state index >= 15 is 0 Å². The Balaban J connectivity index is 1.85. The Morgan fingerprint density at radius 3 is 2.62 bits per heavy atom. The zero-order valence-corrected chi connectivity index (χ0v) is 25.5. The molecule has 4 rings (SSSR count). The fraction of sp³-hybridized carbons (Fsp3) is 0.581. The van der Waals surface area contributed by atoms with Gasteiger partial charge in [-0.15, -0.1) is 24.9 Å². The number of anilines is 1. The minimum atomic E-state index is -0.880. The number of likely N-dealkylation sites (tertiary alicyclic amines) is 1. The summed E-state index contributed by atoms with van der Waals surface area (Å²) in [7, 11) is 0. The quantitative estimate of drug-likeness (QED) is 0.206. The summed E-state index contributed by atoms with van der Waals surface area (Å²) in [6, 6.07) is 4.02. The Hall–Kier alpha value is -2.29. The van der Waals surface area contributed by atoms with Crippen LogP contribution in [0.3, 0.4) is 0 Å². The molecule has 3 saturated heterocycles. The number of hydrogen-bond acceptors (Lipinski definition) is 6. The van der Waals surface area contributed by atoms with Crippen molar-refractivity contribution in [2.45, 2.75) is 75.0 Å². The molecular formula is C31H41ClN2O5S. The Morgan fingerprint density at radius 1 is 1.30 bits per heavy atom. The van der Waals surface area contributed by atoms with E-state index in [9.17, 15) is 19.5 Å². The largest absolute Gasteiger partial charge is 0.465 e. The highest BCUT2D eigenvalue weighted by Gasteiger charge is 2.78. The fourth-order valence-corrected chi connectivity index (χ4v) is 9.73. The van der Waals surface area contributed by atoms with E-state index in [1.165, 1.54) is 0 Å². The Labute approximate surface area is 246 Å². The molecule has 1 spiro atoms. The van der Waals surface area contributed by atoms with Gasteiger partial charge in [0.1, 0.15) is 6.04 Å². The van der Waals surface area contributed by atoms with Crippen LogP contribution in [0, 0.1) is 24.7 Å². The number of para-hydroxylation sites is 1. The molecule has 0 radical (unpaired) electrons. The van der Waals surface area contributed by atoms with E-state index in [1.807, 2.05) is 39.8 Å². The van der Waals surface area contributed by atoms with Crippen molar-refractivity contribution in [3.63, 3.8) is 0 Å². The van der Waals surface area contributed by atoms with E-state index in [-0.39, 0.29) is 37.5 Å². The van der Waals surface area contributed by atoms with E-state index in [4.69, 9.17) is 16.3 Å². The smallest absolute Gasteiger partial charge is 0.311 e. The normalized spacial score (nSPS) is 29.4. The Kier molecular flexibility index (Phi) is 9.13. The van der Waals surface area contributed by atoms with Crippen molar-refractivity contribution in [1.82, 2.24) is 4.90 Å². The molecule has 2 amide bonds. The monoisotopic (exact) mass is 588 g/mol. The van der Waals surface area contributed by atoms with Crippen molar-refractivity contribution in [2.75, 3.05) is 24.7 Å². The lowest BCUT2D eigenvalue weighted by Crippen LogP contribution is -2.58. The Bertz CT molecular complexity index is 1170. The lowest BCUT2D eigenvalue weighted by molar-refractivity contribution is -0.156. The fourth-order valence-electron chi connectivity index (χ4n) is 7.08. The van der Waals surface area contributed by atoms with Gasteiger partial charge in [-0.05, 0) is 57.1 Å². The van der Waals surface area contributed by atoms with Crippen LogP contribution >= 0.6 is 23.4 Å². The highest BCUT2D eigenvalue weighted by atomic mass is 35.5. The highest BCUT2D eigenvalue weighted by molar-refractivity contribution is 8.02. The van der Waals surface area contributed by atoms with E-state index in [1.54, 1.807) is 39.8 Å². The van der Waals surface area contributed by atoms with Crippen LogP contribution in [0.15, 0.2) is 43.5 Å². The molecule has 6 atom stereocenters. The van der Waals surface area contributed by atoms with Crippen molar-refractivity contribution in [3.05, 3.63) is 54.1 Å². The SMILES string of the molecule is C=CCCOC(=O)[C@H]1[C@H]2C(=O)N([C@@H](CO)CC(C)C)C(C(=O)N(CC=C)c3c(C)cccc3Cl)C23CC[C@]1(C)S3. The third-order valence-electron chi connectivity index (χ3n) is 8.65. The first-order chi connectivity index (χ1) is 19.0. The average Bonchev–Trinajstić information content (AvgIpc) is 3.47. The van der Waals surface area contributed by atoms with Gasteiger partial charge in [-0.1, -0.05) is 49.7 Å². The van der Waals surface area contributed by atoms with Gasteiger partial charge in [-0.3, -0.25) is 14.4 Å². The topological polar surface area (TPSA) is 87.1 Å². The molecule has 0 aromatic heterocycles. The third-order valence-corrected chi connectivity index (χ3v) is 10.9. The van der Waals surface area contributed by atoms with Gasteiger partial charge in [0.05, 0.1) is 46.5 Å². The summed E-state index contributed by atoms with van der Waals surface area (Å²) in [5, 5.41) is 11.0. The number of nitrogens with zero attached hydrogens (tertiary/aromatic N) is 2. The average molecular weight is 589 g/mol. The van der Waals surface area contributed by atoms with Gasteiger partial charge in [0.25, 0.3) is 5.91 Å². The van der Waals surface area contributed by atoms with Gasteiger partial charge in [-0.2, -0.15) is 0 Å². The van der Waals surface area contributed by atoms with Gasteiger partial charge < -0.3 is 19.6 Å². The summed E-state index contributed by atoms with van der Waals surface area (Å²) in [5.74, 6) is -2.16. The minimum Gasteiger partial charge on any atom is -0.465 e. The second-order valence-corrected chi connectivity index (χ2v) is 14.1. The van der Waals surface area contributed by atoms with Gasteiger partial charge in [0.15, 0.2) is 0 Å². The molecule has 0 aliphatic carbocycles. The van der Waals surface area contributed by atoms with Gasteiger partial charge in [0, 0.05) is 11.3 Å². The summed E-state index contributed by atoms with van der Waals surface area (Å²) in [6.45, 7) is 15.7. The molecule has 2 bridgehead atoms. The first-order valence-corrected chi connectivity index (χ1v) is 15.2. The van der Waals surface area contributed by atoms with Gasteiger partial charge in [-0.25, -0.2) is 0 Å². The molecule has 218 valence electrons. The summed E-state index contributed by atoms with van der Waals surface area (Å²) in [4.78, 5) is 46.0. The number of hydrogen-bond donors (Lipinski definition) is 1. The third kappa shape index (κ3) is 5.01. The second kappa shape index (κ2) is 11.9. The molecular weight excluding hydrogens is 548 g/mol. The van der Waals surface area contributed by atoms with Gasteiger partial charge >= 0.3 is 5.97 Å². The molecule has 3 aliphatic heterocycles. The lowest BCUT2D eigenvalue weighted by Gasteiger charge is -2.40. The van der Waals surface area contributed by atoms with Crippen molar-refractivity contribution in [3.8, 4) is 0 Å². The van der Waals surface area contributed by atoms with Crippen LogP contribution in [-0.4, -0.2) is 69.1 Å². The maximum Gasteiger partial charge on any atom is 0.311 e. The van der Waals surface area contributed by atoms with Crippen molar-refractivity contribution >= 4 is 46.8 Å². The predicted octanol–water partition coefficient (Wildman–Crippen LogP) is 5.18. The maximum absolute atomic E-state index is 14.8. The number of halogens is 1. The number of amides is 2. The van der Waals surface area contributed by atoms with E-state index < -0.39 is 39.4 Å². The molecule has 1 N–H and O–H groups in total. The predicted molar refractivity (Wildman–Crippen MR) is 160 cm³/mol. The molecule has 1 aromatic rings. The number of esters is 1. The van der Waals surface area contributed by atoms with Crippen LogP contribution in [0.4, 0.5) is 5.69 Å². The second-order valence-electron chi connectivity index (χ2n) is 11.8. The van der Waals surface area contributed by atoms with E-state index in [0.717, 1.165) is 5.56 Å². The number of carbonyl (C=O) groups is 3. The molecule has 9 heteroatoms. The number of carbonyl (C=O) groups excluding carboxylic acids is 3. The zero-order valence-electron chi connectivity index (χ0n) is 23.9. The number of fused-ring (bicyclic) bond motifs is 1. The summed E-state index contributed by atoms with van der Waals surface area (Å²) < 4.78 is 4.27. The molecule has 2 unspecified atom stereocenters. The van der Waals surface area contributed by atoms with Gasteiger partial charge in [0.2, 0.25) is 5.91 Å². The summed E-state index contributed by atoms with van der Waals surface area (Å²) in [5.41, 5.74) is 1.40. The number of thioether (sulfide) groups is 1. The van der Waals surface area contributed by atoms with E-state index in [2.05, 4.69) is 13.2 Å². The zero-order chi connectivity index (χ0) is 29.4. The summed E-state index contributed by atoms with van der Waals surface area (Å²) >= 11 is 8.23. The van der Waals surface area contributed by atoms with Crippen molar-refractivity contribution in [1.29, 1.82) is 0 Å². The molecule has 0 saturated carbocycles. The first-order valence-electron chi connectivity index (χ1n) is 14.1. The first kappa shape index (κ1) is 30.7. The van der Waals surface area contributed by atoms with Crippen LogP contribution in [0.2, 0.25) is 5.02 Å².